The van der Waals surface area contributed by atoms with Crippen molar-refractivity contribution < 1.29 is 4.79 Å². The lowest BCUT2D eigenvalue weighted by atomic mass is 10.1. The Morgan fingerprint density at radius 3 is 3.00 bits per heavy atom. The molecule has 19 heavy (non-hydrogen) atoms. The molecule has 0 saturated carbocycles. The first-order valence-electron chi connectivity index (χ1n) is 6.48. The van der Waals surface area contributed by atoms with E-state index in [9.17, 15) is 4.79 Å². The van der Waals surface area contributed by atoms with E-state index in [1.54, 1.807) is 0 Å². The summed E-state index contributed by atoms with van der Waals surface area (Å²) in [5, 5.41) is 0. The van der Waals surface area contributed by atoms with Gasteiger partial charge in [-0.25, -0.2) is 0 Å². The Labute approximate surface area is 118 Å². The molecule has 0 aliphatic carbocycles. The summed E-state index contributed by atoms with van der Waals surface area (Å²) in [5.41, 5.74) is 6.86. The van der Waals surface area contributed by atoms with Crippen LogP contribution in [0, 0.1) is 11.8 Å². The van der Waals surface area contributed by atoms with Crippen molar-refractivity contribution in [3.8, 4) is 11.8 Å². The minimum atomic E-state index is 0.0874. The lowest BCUT2D eigenvalue weighted by Gasteiger charge is -2.20. The minimum Gasteiger partial charge on any atom is -0.338 e. The smallest absolute Gasteiger partial charge is 0.255 e. The molecule has 1 amide bonds. The van der Waals surface area contributed by atoms with Crippen molar-refractivity contribution >= 4 is 17.7 Å². The maximum Gasteiger partial charge on any atom is 0.255 e. The second-order valence-electron chi connectivity index (χ2n) is 4.31. The van der Waals surface area contributed by atoms with Gasteiger partial charge in [0.25, 0.3) is 5.91 Å². The van der Waals surface area contributed by atoms with Gasteiger partial charge in [0.15, 0.2) is 0 Å². The zero-order chi connectivity index (χ0) is 13.5. The summed E-state index contributed by atoms with van der Waals surface area (Å²) in [6.07, 6.45) is 1.06. The molecule has 2 N–H and O–H groups in total. The fourth-order valence-corrected chi connectivity index (χ4v) is 2.93. The molecule has 4 heteroatoms. The number of hydrogen-bond donors (Lipinski definition) is 1. The summed E-state index contributed by atoms with van der Waals surface area (Å²) in [5.74, 6) is 8.04. The normalized spacial score (nSPS) is 15.3. The predicted octanol–water partition coefficient (Wildman–Crippen LogP) is 1.58. The quantitative estimate of drug-likeness (QED) is 0.791. The van der Waals surface area contributed by atoms with E-state index >= 15 is 0 Å². The minimum absolute atomic E-state index is 0.0874. The summed E-state index contributed by atoms with van der Waals surface area (Å²) < 4.78 is 0. The van der Waals surface area contributed by atoms with Gasteiger partial charge in [-0.1, -0.05) is 24.0 Å². The van der Waals surface area contributed by atoms with Crippen LogP contribution in [0.25, 0.3) is 0 Å². The van der Waals surface area contributed by atoms with Crippen molar-refractivity contribution in [2.45, 2.75) is 6.42 Å². The third-order valence-corrected chi connectivity index (χ3v) is 4.04. The molecule has 0 spiro atoms. The molecule has 100 valence electrons. The number of rotatable bonds is 1. The molecule has 1 aliphatic heterocycles. The van der Waals surface area contributed by atoms with Crippen LogP contribution in [0.15, 0.2) is 24.3 Å². The zero-order valence-electron chi connectivity index (χ0n) is 10.9. The van der Waals surface area contributed by atoms with E-state index in [-0.39, 0.29) is 5.91 Å². The van der Waals surface area contributed by atoms with Gasteiger partial charge in [-0.2, -0.15) is 11.8 Å². The molecule has 1 aromatic rings. The Kier molecular flexibility index (Phi) is 5.31. The average Bonchev–Trinajstić information content (AvgIpc) is 2.73. The second-order valence-corrected chi connectivity index (χ2v) is 5.53. The molecule has 0 atom stereocenters. The van der Waals surface area contributed by atoms with Gasteiger partial charge in [0.05, 0.1) is 12.1 Å². The van der Waals surface area contributed by atoms with E-state index < -0.39 is 0 Å². The van der Waals surface area contributed by atoms with E-state index in [0.29, 0.717) is 12.1 Å². The molecule has 1 aromatic carbocycles. The first-order valence-corrected chi connectivity index (χ1v) is 7.63. The van der Waals surface area contributed by atoms with Crippen LogP contribution in [-0.4, -0.2) is 41.9 Å². The summed E-state index contributed by atoms with van der Waals surface area (Å²) in [6, 6.07) is 7.51. The lowest BCUT2D eigenvalue weighted by molar-refractivity contribution is 0.0768. The monoisotopic (exact) mass is 274 g/mol. The van der Waals surface area contributed by atoms with Gasteiger partial charge < -0.3 is 10.6 Å². The molecular formula is C15H18N2OS. The topological polar surface area (TPSA) is 46.3 Å². The van der Waals surface area contributed by atoms with Crippen molar-refractivity contribution in [3.63, 3.8) is 0 Å². The summed E-state index contributed by atoms with van der Waals surface area (Å²) in [6.45, 7) is 1.97. The highest BCUT2D eigenvalue weighted by Crippen LogP contribution is 2.15. The third-order valence-electron chi connectivity index (χ3n) is 2.99. The Hall–Kier alpha value is -1.44. The van der Waals surface area contributed by atoms with Gasteiger partial charge in [0.2, 0.25) is 0 Å². The molecule has 3 nitrogen and oxygen atoms in total. The number of benzene rings is 1. The predicted molar refractivity (Wildman–Crippen MR) is 80.2 cm³/mol. The molecule has 2 rings (SSSR count). The number of hydrogen-bond acceptors (Lipinski definition) is 3. The summed E-state index contributed by atoms with van der Waals surface area (Å²) in [7, 11) is 0. The van der Waals surface area contributed by atoms with E-state index in [0.717, 1.165) is 36.6 Å². The average molecular weight is 274 g/mol. The Morgan fingerprint density at radius 1 is 1.32 bits per heavy atom. The third kappa shape index (κ3) is 3.76. The van der Waals surface area contributed by atoms with E-state index in [2.05, 4.69) is 11.8 Å². The number of nitrogens with zero attached hydrogens (tertiary/aromatic N) is 1. The first kappa shape index (κ1) is 14.0. The van der Waals surface area contributed by atoms with E-state index in [4.69, 9.17) is 5.73 Å². The molecule has 1 aliphatic rings. The highest BCUT2D eigenvalue weighted by atomic mass is 32.2. The van der Waals surface area contributed by atoms with Crippen LogP contribution >= 0.6 is 11.8 Å². The highest BCUT2D eigenvalue weighted by molar-refractivity contribution is 7.99. The fourth-order valence-electron chi connectivity index (χ4n) is 2.04. The second kappa shape index (κ2) is 7.22. The van der Waals surface area contributed by atoms with Crippen molar-refractivity contribution in [2.75, 3.05) is 31.1 Å². The Morgan fingerprint density at radius 2 is 2.16 bits per heavy atom. The molecule has 1 saturated heterocycles. The molecule has 0 bridgehead atoms. The largest absolute Gasteiger partial charge is 0.338 e. The fraction of sp³-hybridized carbons (Fsp3) is 0.400. The summed E-state index contributed by atoms with van der Waals surface area (Å²) in [4.78, 5) is 14.5. The number of thioether (sulfide) groups is 1. The van der Waals surface area contributed by atoms with Crippen LogP contribution in [0.3, 0.4) is 0 Å². The van der Waals surface area contributed by atoms with Gasteiger partial charge in [-0.3, -0.25) is 4.79 Å². The van der Waals surface area contributed by atoms with Gasteiger partial charge in [0.1, 0.15) is 0 Å². The summed E-state index contributed by atoms with van der Waals surface area (Å²) >= 11 is 1.91. The standard InChI is InChI=1S/C15H18N2OS/c16-8-3-6-13-5-1-2-7-14(13)15(18)17-9-4-11-19-12-10-17/h1-2,5,7H,4,8-12,16H2. The van der Waals surface area contributed by atoms with Crippen LogP contribution < -0.4 is 5.73 Å². The number of carbonyl (C=O) groups is 1. The SMILES string of the molecule is NCC#Cc1ccccc1C(=O)N1CCCSCC1. The van der Waals surface area contributed by atoms with E-state index in [1.807, 2.05) is 40.9 Å². The molecule has 0 radical (unpaired) electrons. The van der Waals surface area contributed by atoms with Gasteiger partial charge in [-0.05, 0) is 24.3 Å². The van der Waals surface area contributed by atoms with Gasteiger partial charge in [0, 0.05) is 24.4 Å². The molecule has 1 fully saturated rings. The molecule has 0 aromatic heterocycles. The first-order chi connectivity index (χ1) is 9.33. The van der Waals surface area contributed by atoms with Crippen molar-refractivity contribution in [3.05, 3.63) is 35.4 Å². The van der Waals surface area contributed by atoms with Gasteiger partial charge in [-0.15, -0.1) is 0 Å². The zero-order valence-corrected chi connectivity index (χ0v) is 11.7. The Balaban J connectivity index is 2.22. The highest BCUT2D eigenvalue weighted by Gasteiger charge is 2.19. The number of amides is 1. The van der Waals surface area contributed by atoms with Crippen LogP contribution in [0.1, 0.15) is 22.3 Å². The van der Waals surface area contributed by atoms with Crippen LogP contribution in [0.2, 0.25) is 0 Å². The Bertz CT molecular complexity index is 496. The van der Waals surface area contributed by atoms with Crippen LogP contribution in [0.4, 0.5) is 0 Å². The lowest BCUT2D eigenvalue weighted by Crippen LogP contribution is -2.33. The van der Waals surface area contributed by atoms with Crippen molar-refractivity contribution in [2.24, 2.45) is 5.73 Å². The maximum absolute atomic E-state index is 12.6. The number of carbonyl (C=O) groups excluding carboxylic acids is 1. The molecular weight excluding hydrogens is 256 g/mol. The van der Waals surface area contributed by atoms with Crippen LogP contribution in [0.5, 0.6) is 0 Å². The van der Waals surface area contributed by atoms with Crippen molar-refractivity contribution in [1.82, 2.24) is 4.90 Å². The van der Waals surface area contributed by atoms with Crippen molar-refractivity contribution in [1.29, 1.82) is 0 Å². The number of nitrogens with two attached hydrogens (primary N) is 1. The molecule has 0 unspecified atom stereocenters. The molecule has 1 heterocycles. The van der Waals surface area contributed by atoms with E-state index in [1.165, 1.54) is 0 Å². The maximum atomic E-state index is 12.6. The van der Waals surface area contributed by atoms with Crippen LogP contribution in [-0.2, 0) is 0 Å². The van der Waals surface area contributed by atoms with Gasteiger partial charge >= 0.3 is 0 Å².